The minimum Gasteiger partial charge on any atom is -0.496 e. The smallest absolute Gasteiger partial charge is 0.261 e. The van der Waals surface area contributed by atoms with Gasteiger partial charge in [0.15, 0.2) is 0 Å². The van der Waals surface area contributed by atoms with Gasteiger partial charge in [-0.2, -0.15) is 0 Å². The van der Waals surface area contributed by atoms with Crippen LogP contribution in [0.4, 0.5) is 0 Å². The highest BCUT2D eigenvalue weighted by Crippen LogP contribution is 2.21. The third-order valence-electron chi connectivity index (χ3n) is 2.57. The summed E-state index contributed by atoms with van der Waals surface area (Å²) in [5, 5.41) is 13.3. The Morgan fingerprint density at radius 3 is 3.05 bits per heavy atom. The molecular formula is C15H15NO3S2. The molecule has 0 fully saturated rings. The lowest BCUT2D eigenvalue weighted by atomic mass is 10.4. The molecule has 0 aliphatic heterocycles. The van der Waals surface area contributed by atoms with Crippen molar-refractivity contribution in [3.05, 3.63) is 38.2 Å². The van der Waals surface area contributed by atoms with Gasteiger partial charge in [0.25, 0.3) is 5.91 Å². The van der Waals surface area contributed by atoms with Gasteiger partial charge in [-0.05, 0) is 12.1 Å². The number of nitrogens with one attached hydrogen (secondary N) is 1. The first-order chi connectivity index (χ1) is 10.2. The third-order valence-corrected chi connectivity index (χ3v) is 4.48. The number of carbonyl (C=O) groups excluding carboxylic acids is 1. The zero-order valence-electron chi connectivity index (χ0n) is 11.5. The summed E-state index contributed by atoms with van der Waals surface area (Å²) in [6.07, 6.45) is 0.476. The number of carbonyl (C=O) groups is 1. The van der Waals surface area contributed by atoms with Gasteiger partial charge in [-0.3, -0.25) is 4.79 Å². The average molecular weight is 321 g/mol. The molecule has 0 bridgehead atoms. The molecule has 0 unspecified atom stereocenters. The lowest BCUT2D eigenvalue weighted by molar-refractivity contribution is 0.0955. The summed E-state index contributed by atoms with van der Waals surface area (Å²) < 4.78 is 5.06. The number of methoxy groups -OCH3 is 1. The minimum absolute atomic E-state index is 0.0750. The van der Waals surface area contributed by atoms with E-state index < -0.39 is 0 Å². The maximum atomic E-state index is 12.0. The van der Waals surface area contributed by atoms with Crippen molar-refractivity contribution >= 4 is 28.6 Å². The van der Waals surface area contributed by atoms with E-state index in [1.165, 1.54) is 22.7 Å². The number of thiophene rings is 2. The van der Waals surface area contributed by atoms with E-state index in [9.17, 15) is 4.79 Å². The van der Waals surface area contributed by atoms with E-state index in [-0.39, 0.29) is 12.5 Å². The number of aliphatic hydroxyl groups excluding tert-OH is 1. The summed E-state index contributed by atoms with van der Waals surface area (Å²) in [7, 11) is 1.58. The van der Waals surface area contributed by atoms with Gasteiger partial charge in [-0.15, -0.1) is 22.7 Å². The number of amides is 1. The molecule has 0 atom stereocenters. The van der Waals surface area contributed by atoms with Gasteiger partial charge in [-0.25, -0.2) is 0 Å². The Balaban J connectivity index is 1.88. The molecule has 2 heterocycles. The summed E-state index contributed by atoms with van der Waals surface area (Å²) >= 11 is 2.90. The van der Waals surface area contributed by atoms with Crippen molar-refractivity contribution in [3.63, 3.8) is 0 Å². The first-order valence-electron chi connectivity index (χ1n) is 6.32. The average Bonchev–Trinajstić information content (AvgIpc) is 3.14. The van der Waals surface area contributed by atoms with Crippen molar-refractivity contribution < 1.29 is 14.6 Å². The van der Waals surface area contributed by atoms with Crippen LogP contribution in [0, 0.1) is 11.8 Å². The van der Waals surface area contributed by atoms with Gasteiger partial charge in [0.05, 0.1) is 30.0 Å². The molecule has 0 saturated carbocycles. The topological polar surface area (TPSA) is 58.6 Å². The molecule has 2 aromatic heterocycles. The van der Waals surface area contributed by atoms with Crippen LogP contribution in [0.2, 0.25) is 0 Å². The third kappa shape index (κ3) is 4.60. The predicted molar refractivity (Wildman–Crippen MR) is 84.9 cm³/mol. The summed E-state index contributed by atoms with van der Waals surface area (Å²) in [5.41, 5.74) is 0. The predicted octanol–water partition coefficient (Wildman–Crippen LogP) is 2.48. The fourth-order valence-corrected chi connectivity index (χ4v) is 3.14. The van der Waals surface area contributed by atoms with Gasteiger partial charge < -0.3 is 15.2 Å². The van der Waals surface area contributed by atoms with Gasteiger partial charge >= 0.3 is 0 Å². The fourth-order valence-electron chi connectivity index (χ4n) is 1.55. The maximum Gasteiger partial charge on any atom is 0.261 e. The highest BCUT2D eigenvalue weighted by atomic mass is 32.1. The molecule has 0 aromatic carbocycles. The van der Waals surface area contributed by atoms with Crippen LogP contribution in [-0.4, -0.2) is 24.7 Å². The number of ether oxygens (including phenoxy) is 1. The van der Waals surface area contributed by atoms with Crippen LogP contribution in [0.5, 0.6) is 5.75 Å². The van der Waals surface area contributed by atoms with Crippen molar-refractivity contribution in [2.24, 2.45) is 0 Å². The molecule has 110 valence electrons. The van der Waals surface area contributed by atoms with E-state index in [0.717, 1.165) is 9.75 Å². The standard InChI is InChI=1S/C15H15NO3S2/c1-19-11-8-14(20-10-11)15(18)16-9-13-6-5-12(21-13)4-2-3-7-17/h5-6,8,10,17H,3,7,9H2,1H3,(H,16,18). The fraction of sp³-hybridized carbons (Fsp3) is 0.267. The van der Waals surface area contributed by atoms with Crippen LogP contribution in [0.25, 0.3) is 0 Å². The monoisotopic (exact) mass is 321 g/mol. The van der Waals surface area contributed by atoms with Gasteiger partial charge in [0.1, 0.15) is 5.75 Å². The summed E-state index contributed by atoms with van der Waals surface area (Å²) in [5.74, 6) is 6.44. The van der Waals surface area contributed by atoms with E-state index in [0.29, 0.717) is 23.6 Å². The van der Waals surface area contributed by atoms with Crippen molar-refractivity contribution in [1.29, 1.82) is 0 Å². The number of aliphatic hydroxyl groups is 1. The quantitative estimate of drug-likeness (QED) is 0.832. The number of hydrogen-bond acceptors (Lipinski definition) is 5. The lowest BCUT2D eigenvalue weighted by Crippen LogP contribution is -2.21. The van der Waals surface area contributed by atoms with Gasteiger partial charge in [0.2, 0.25) is 0 Å². The Morgan fingerprint density at radius 1 is 1.48 bits per heavy atom. The molecule has 2 aromatic rings. The van der Waals surface area contributed by atoms with Crippen LogP contribution < -0.4 is 10.1 Å². The second-order valence-corrected chi connectivity index (χ2v) is 6.15. The highest BCUT2D eigenvalue weighted by Gasteiger charge is 2.09. The van der Waals surface area contributed by atoms with Crippen molar-refractivity contribution in [2.45, 2.75) is 13.0 Å². The molecule has 2 rings (SSSR count). The SMILES string of the molecule is COc1csc(C(=O)NCc2ccc(C#CCCO)s2)c1. The summed E-state index contributed by atoms with van der Waals surface area (Å²) in [6, 6.07) is 5.59. The molecule has 4 nitrogen and oxygen atoms in total. The molecular weight excluding hydrogens is 306 g/mol. The summed E-state index contributed by atoms with van der Waals surface area (Å²) in [4.78, 5) is 14.6. The van der Waals surface area contributed by atoms with Gasteiger partial charge in [-0.1, -0.05) is 11.8 Å². The normalized spacial score (nSPS) is 9.81. The molecule has 1 amide bonds. The Morgan fingerprint density at radius 2 is 2.33 bits per heavy atom. The molecule has 0 aliphatic rings. The van der Waals surface area contributed by atoms with E-state index in [1.54, 1.807) is 18.6 Å². The van der Waals surface area contributed by atoms with Crippen LogP contribution in [0.1, 0.15) is 25.8 Å². The van der Waals surface area contributed by atoms with E-state index >= 15 is 0 Å². The second kappa shape index (κ2) is 7.84. The molecule has 0 aliphatic carbocycles. The summed E-state index contributed by atoms with van der Waals surface area (Å²) in [6.45, 7) is 0.553. The van der Waals surface area contributed by atoms with E-state index in [2.05, 4.69) is 17.2 Å². The highest BCUT2D eigenvalue weighted by molar-refractivity contribution is 7.12. The molecule has 6 heteroatoms. The minimum atomic E-state index is -0.107. The zero-order chi connectivity index (χ0) is 15.1. The van der Waals surface area contributed by atoms with Gasteiger partial charge in [0, 0.05) is 22.7 Å². The van der Waals surface area contributed by atoms with E-state index in [4.69, 9.17) is 9.84 Å². The maximum absolute atomic E-state index is 12.0. The number of rotatable bonds is 5. The Kier molecular flexibility index (Phi) is 5.81. The van der Waals surface area contributed by atoms with Crippen molar-refractivity contribution in [1.82, 2.24) is 5.32 Å². The molecule has 0 saturated heterocycles. The van der Waals surface area contributed by atoms with E-state index in [1.807, 2.05) is 12.1 Å². The first kappa shape index (κ1) is 15.6. The molecule has 21 heavy (non-hydrogen) atoms. The largest absolute Gasteiger partial charge is 0.496 e. The zero-order valence-corrected chi connectivity index (χ0v) is 13.1. The first-order valence-corrected chi connectivity index (χ1v) is 8.01. The van der Waals surface area contributed by atoms with Crippen molar-refractivity contribution in [3.8, 4) is 17.6 Å². The number of hydrogen-bond donors (Lipinski definition) is 2. The molecule has 2 N–H and O–H groups in total. The van der Waals surface area contributed by atoms with Crippen LogP contribution >= 0.6 is 22.7 Å². The van der Waals surface area contributed by atoms with Crippen LogP contribution in [0.3, 0.4) is 0 Å². The molecule has 0 spiro atoms. The lowest BCUT2D eigenvalue weighted by Gasteiger charge is -2.00. The Labute approximate surface area is 131 Å². The Hall–Kier alpha value is -1.81. The Bertz CT molecular complexity index is 664. The second-order valence-electron chi connectivity index (χ2n) is 4.07. The van der Waals surface area contributed by atoms with Crippen LogP contribution in [0.15, 0.2) is 23.6 Å². The van der Waals surface area contributed by atoms with Crippen LogP contribution in [-0.2, 0) is 6.54 Å². The van der Waals surface area contributed by atoms with Crippen molar-refractivity contribution in [2.75, 3.05) is 13.7 Å². The molecule has 0 radical (unpaired) electrons.